The fourth-order valence-electron chi connectivity index (χ4n) is 3.82. The van der Waals surface area contributed by atoms with Gasteiger partial charge in [0.25, 0.3) is 11.7 Å². The van der Waals surface area contributed by atoms with Gasteiger partial charge in [-0.3, -0.25) is 14.6 Å². The van der Waals surface area contributed by atoms with E-state index in [9.17, 15) is 14.7 Å². The first-order valence-corrected chi connectivity index (χ1v) is 10.5. The lowest BCUT2D eigenvalue weighted by molar-refractivity contribution is -0.140. The number of Topliss-reactive ketones (excluding diaryl/α,β-unsaturated/α-hetero) is 1. The molecule has 2 aromatic rings. The van der Waals surface area contributed by atoms with Gasteiger partial charge in [0.1, 0.15) is 11.8 Å². The third-order valence-corrected chi connectivity index (χ3v) is 5.61. The molecule has 6 heteroatoms. The van der Waals surface area contributed by atoms with Crippen LogP contribution in [0.1, 0.15) is 55.6 Å². The summed E-state index contributed by atoms with van der Waals surface area (Å²) < 4.78 is 5.11. The quantitative estimate of drug-likeness (QED) is 0.327. The Labute approximate surface area is 183 Å². The Bertz CT molecular complexity index is 1010. The summed E-state index contributed by atoms with van der Waals surface area (Å²) in [5.41, 5.74) is 2.91. The number of benzene rings is 1. The number of carbonyl (C=O) groups excluding carboxylic acids is 2. The van der Waals surface area contributed by atoms with Gasteiger partial charge in [-0.15, -0.1) is 0 Å². The lowest BCUT2D eigenvalue weighted by Gasteiger charge is -2.25. The number of amides is 1. The molecule has 1 aromatic carbocycles. The lowest BCUT2D eigenvalue weighted by atomic mass is 9.84. The molecule has 1 aliphatic rings. The zero-order chi connectivity index (χ0) is 22.8. The zero-order valence-corrected chi connectivity index (χ0v) is 18.8. The second kappa shape index (κ2) is 9.02. The molecular formula is C25H30N2O4. The van der Waals surface area contributed by atoms with E-state index in [-0.39, 0.29) is 16.7 Å². The molecule has 3 rings (SSSR count). The predicted molar refractivity (Wildman–Crippen MR) is 120 cm³/mol. The van der Waals surface area contributed by atoms with Crippen LogP contribution in [-0.2, 0) is 19.7 Å². The maximum Gasteiger partial charge on any atom is 0.295 e. The van der Waals surface area contributed by atoms with Gasteiger partial charge in [-0.2, -0.15) is 0 Å². The smallest absolute Gasteiger partial charge is 0.295 e. The van der Waals surface area contributed by atoms with Crippen molar-refractivity contribution in [2.24, 2.45) is 0 Å². The van der Waals surface area contributed by atoms with E-state index in [1.807, 2.05) is 31.2 Å². The fraction of sp³-hybridized carbons (Fsp3) is 0.400. The Morgan fingerprint density at radius 3 is 2.55 bits per heavy atom. The summed E-state index contributed by atoms with van der Waals surface area (Å²) >= 11 is 0. The zero-order valence-electron chi connectivity index (χ0n) is 18.8. The second-order valence-electron chi connectivity index (χ2n) is 8.87. The molecule has 1 unspecified atom stereocenters. The van der Waals surface area contributed by atoms with Crippen LogP contribution >= 0.6 is 0 Å². The molecule has 0 spiro atoms. The number of hydrogen-bond acceptors (Lipinski definition) is 5. The average Bonchev–Trinajstić information content (AvgIpc) is 2.98. The van der Waals surface area contributed by atoms with Crippen LogP contribution in [0.2, 0.25) is 0 Å². The van der Waals surface area contributed by atoms with Crippen LogP contribution in [-0.4, -0.2) is 46.9 Å². The van der Waals surface area contributed by atoms with Crippen molar-refractivity contribution in [3.05, 3.63) is 70.6 Å². The van der Waals surface area contributed by atoms with E-state index in [1.165, 1.54) is 4.90 Å². The second-order valence-corrected chi connectivity index (χ2v) is 8.87. The summed E-state index contributed by atoms with van der Waals surface area (Å²) in [4.78, 5) is 31.9. The van der Waals surface area contributed by atoms with Crippen LogP contribution in [0.5, 0.6) is 0 Å². The summed E-state index contributed by atoms with van der Waals surface area (Å²) in [6.45, 7) is 8.94. The molecule has 164 valence electrons. The molecule has 0 saturated carbocycles. The van der Waals surface area contributed by atoms with Gasteiger partial charge >= 0.3 is 0 Å². The monoisotopic (exact) mass is 422 g/mol. The van der Waals surface area contributed by atoms with Crippen molar-refractivity contribution < 1.29 is 19.4 Å². The number of aliphatic hydroxyl groups excluding tert-OH is 1. The minimum Gasteiger partial charge on any atom is -0.507 e. The highest BCUT2D eigenvalue weighted by Gasteiger charge is 2.46. The van der Waals surface area contributed by atoms with Gasteiger partial charge < -0.3 is 14.7 Å². The lowest BCUT2D eigenvalue weighted by Crippen LogP contribution is -2.31. The van der Waals surface area contributed by atoms with Crippen LogP contribution in [0, 0.1) is 6.92 Å². The molecule has 1 amide bonds. The van der Waals surface area contributed by atoms with Crippen molar-refractivity contribution in [2.45, 2.75) is 45.6 Å². The highest BCUT2D eigenvalue weighted by atomic mass is 16.5. The number of likely N-dealkylation sites (tertiary alicyclic amines) is 1. The van der Waals surface area contributed by atoms with Gasteiger partial charge in [-0.05, 0) is 48.1 Å². The van der Waals surface area contributed by atoms with Gasteiger partial charge in [-0.25, -0.2) is 0 Å². The number of methoxy groups -OCH3 is 1. The number of aromatic nitrogens is 1. The van der Waals surface area contributed by atoms with Crippen molar-refractivity contribution in [1.82, 2.24) is 9.88 Å². The van der Waals surface area contributed by atoms with Crippen molar-refractivity contribution in [3.8, 4) is 0 Å². The van der Waals surface area contributed by atoms with Gasteiger partial charge in [-0.1, -0.05) is 39.0 Å². The van der Waals surface area contributed by atoms with E-state index in [2.05, 4.69) is 25.8 Å². The number of ketones is 1. The molecule has 1 fully saturated rings. The largest absolute Gasteiger partial charge is 0.507 e. The Morgan fingerprint density at radius 1 is 1.19 bits per heavy atom. The summed E-state index contributed by atoms with van der Waals surface area (Å²) in [5, 5.41) is 11.3. The van der Waals surface area contributed by atoms with E-state index >= 15 is 0 Å². The first kappa shape index (κ1) is 22.7. The minimum absolute atomic E-state index is 0.0790. The number of hydrogen-bond donors (Lipinski definition) is 1. The van der Waals surface area contributed by atoms with Crippen molar-refractivity contribution in [2.75, 3.05) is 20.3 Å². The van der Waals surface area contributed by atoms with Crippen LogP contribution in [0.15, 0.2) is 48.2 Å². The van der Waals surface area contributed by atoms with Crippen LogP contribution < -0.4 is 0 Å². The van der Waals surface area contributed by atoms with E-state index in [1.54, 1.807) is 25.4 Å². The number of carbonyl (C=O) groups is 2. The first-order chi connectivity index (χ1) is 14.7. The first-order valence-electron chi connectivity index (χ1n) is 10.5. The number of nitrogens with zero attached hydrogens (tertiary/aromatic N) is 2. The summed E-state index contributed by atoms with van der Waals surface area (Å²) in [6, 6.07) is 10.5. The molecule has 0 aliphatic carbocycles. The molecular weight excluding hydrogens is 392 g/mol. The van der Waals surface area contributed by atoms with Crippen molar-refractivity contribution >= 4 is 17.4 Å². The topological polar surface area (TPSA) is 79.7 Å². The van der Waals surface area contributed by atoms with E-state index in [0.29, 0.717) is 30.8 Å². The maximum absolute atomic E-state index is 13.1. The number of pyridine rings is 1. The van der Waals surface area contributed by atoms with Gasteiger partial charge in [0.05, 0.1) is 11.3 Å². The van der Waals surface area contributed by atoms with Crippen LogP contribution in [0.4, 0.5) is 0 Å². The molecule has 1 N–H and O–H groups in total. The Hall–Kier alpha value is -2.99. The standard InChI is InChI=1S/C25H30N2O4/c1-16-10-11-17(25(2,3)4)15-18(16)22(28)20-21(19-9-6-7-12-26-19)27(13-8-14-31-5)24(30)23(20)29/h6-7,9-12,15,21,28H,8,13-14H2,1-5H3/b22-20+. The third kappa shape index (κ3) is 4.54. The summed E-state index contributed by atoms with van der Waals surface area (Å²) in [6.07, 6.45) is 2.20. The highest BCUT2D eigenvalue weighted by Crippen LogP contribution is 2.39. The Morgan fingerprint density at radius 2 is 1.94 bits per heavy atom. The number of rotatable bonds is 6. The van der Waals surface area contributed by atoms with E-state index in [0.717, 1.165) is 11.1 Å². The third-order valence-electron chi connectivity index (χ3n) is 5.61. The molecule has 0 bridgehead atoms. The summed E-state index contributed by atoms with van der Waals surface area (Å²) in [7, 11) is 1.59. The summed E-state index contributed by atoms with van der Waals surface area (Å²) in [5.74, 6) is -1.48. The molecule has 1 aliphatic heterocycles. The molecule has 2 heterocycles. The van der Waals surface area contributed by atoms with Crippen LogP contribution in [0.25, 0.3) is 5.76 Å². The SMILES string of the molecule is COCCCN1C(=O)C(=O)/C(=C(/O)c2cc(C(C)(C)C)ccc2C)C1c1ccccn1. The number of aliphatic hydroxyl groups is 1. The number of aryl methyl sites for hydroxylation is 1. The average molecular weight is 423 g/mol. The normalized spacial score (nSPS) is 18.6. The highest BCUT2D eigenvalue weighted by molar-refractivity contribution is 6.46. The molecule has 31 heavy (non-hydrogen) atoms. The van der Waals surface area contributed by atoms with Gasteiger partial charge in [0.2, 0.25) is 0 Å². The van der Waals surface area contributed by atoms with E-state index in [4.69, 9.17) is 4.74 Å². The van der Waals surface area contributed by atoms with Gasteiger partial charge in [0, 0.05) is 32.0 Å². The van der Waals surface area contributed by atoms with Crippen LogP contribution in [0.3, 0.4) is 0 Å². The molecule has 1 aromatic heterocycles. The molecule has 6 nitrogen and oxygen atoms in total. The Kier molecular flexibility index (Phi) is 6.60. The minimum atomic E-state index is -0.740. The molecule has 1 atom stereocenters. The molecule has 0 radical (unpaired) electrons. The predicted octanol–water partition coefficient (Wildman–Crippen LogP) is 4.15. The maximum atomic E-state index is 13.1. The Balaban J connectivity index is 2.17. The van der Waals surface area contributed by atoms with E-state index < -0.39 is 17.7 Å². The fourth-order valence-corrected chi connectivity index (χ4v) is 3.82. The van der Waals surface area contributed by atoms with Gasteiger partial charge in [0.15, 0.2) is 0 Å². The van der Waals surface area contributed by atoms with Crippen molar-refractivity contribution in [1.29, 1.82) is 0 Å². The van der Waals surface area contributed by atoms with Crippen molar-refractivity contribution in [3.63, 3.8) is 0 Å². The number of ether oxygens (including phenoxy) is 1. The molecule has 1 saturated heterocycles.